The number of pyridine rings is 1. The maximum Gasteiger partial charge on any atom is 0.252 e. The van der Waals surface area contributed by atoms with Gasteiger partial charge < -0.3 is 5.32 Å². The van der Waals surface area contributed by atoms with Crippen LogP contribution in [0.2, 0.25) is 0 Å². The van der Waals surface area contributed by atoms with E-state index < -0.39 is 0 Å². The lowest BCUT2D eigenvalue weighted by Crippen LogP contribution is -2.34. The second-order valence-electron chi connectivity index (χ2n) is 7.55. The molecule has 1 amide bonds. The first kappa shape index (κ1) is 17.7. The molecule has 2 aromatic carbocycles. The van der Waals surface area contributed by atoms with Gasteiger partial charge in [-0.05, 0) is 31.4 Å². The van der Waals surface area contributed by atoms with Crippen molar-refractivity contribution in [1.29, 1.82) is 0 Å². The highest BCUT2D eigenvalue weighted by atomic mass is 16.1. The molecule has 27 heavy (non-hydrogen) atoms. The van der Waals surface area contributed by atoms with E-state index in [1.165, 1.54) is 25.7 Å². The van der Waals surface area contributed by atoms with Crippen molar-refractivity contribution < 1.29 is 4.79 Å². The number of aryl methyl sites for hydroxylation is 1. The van der Waals surface area contributed by atoms with Crippen LogP contribution >= 0.6 is 0 Å². The molecule has 1 aliphatic carbocycles. The van der Waals surface area contributed by atoms with Crippen LogP contribution in [0.15, 0.2) is 54.6 Å². The van der Waals surface area contributed by atoms with Crippen LogP contribution in [-0.2, 0) is 0 Å². The van der Waals surface area contributed by atoms with Gasteiger partial charge in [0.25, 0.3) is 5.91 Å². The van der Waals surface area contributed by atoms with Gasteiger partial charge in [0.1, 0.15) is 0 Å². The summed E-state index contributed by atoms with van der Waals surface area (Å²) in [4.78, 5) is 18.1. The van der Waals surface area contributed by atoms with E-state index in [0.717, 1.165) is 46.1 Å². The predicted molar refractivity (Wildman–Crippen MR) is 111 cm³/mol. The SMILES string of the molecule is Cc1cccc2c(C(=O)NC3CCCCCC3)cc(-c3ccccc3)nc12. The minimum absolute atomic E-state index is 0.0251. The Morgan fingerprint density at radius 3 is 2.44 bits per heavy atom. The van der Waals surface area contributed by atoms with Crippen LogP contribution in [0.5, 0.6) is 0 Å². The van der Waals surface area contributed by atoms with E-state index in [9.17, 15) is 4.79 Å². The zero-order valence-electron chi connectivity index (χ0n) is 15.9. The van der Waals surface area contributed by atoms with E-state index in [-0.39, 0.29) is 11.9 Å². The number of benzene rings is 2. The standard InChI is InChI=1S/C24H26N2O/c1-17-10-9-15-20-21(24(27)25-19-13-7-2-3-8-14-19)16-22(26-23(17)20)18-11-5-4-6-12-18/h4-6,9-12,15-16,19H,2-3,7-8,13-14H2,1H3,(H,25,27). The second-order valence-corrected chi connectivity index (χ2v) is 7.55. The third-order valence-electron chi connectivity index (χ3n) is 5.55. The van der Waals surface area contributed by atoms with E-state index in [4.69, 9.17) is 4.98 Å². The van der Waals surface area contributed by atoms with Gasteiger partial charge in [0.05, 0.1) is 16.8 Å². The number of nitrogens with one attached hydrogen (secondary N) is 1. The quantitative estimate of drug-likeness (QED) is 0.614. The van der Waals surface area contributed by atoms with Gasteiger partial charge in [-0.2, -0.15) is 0 Å². The van der Waals surface area contributed by atoms with Crippen molar-refractivity contribution in [3.63, 3.8) is 0 Å². The fraction of sp³-hybridized carbons (Fsp3) is 0.333. The van der Waals surface area contributed by atoms with E-state index in [2.05, 4.69) is 18.3 Å². The first-order chi connectivity index (χ1) is 13.2. The Morgan fingerprint density at radius 2 is 1.70 bits per heavy atom. The number of amides is 1. The second kappa shape index (κ2) is 7.91. The van der Waals surface area contributed by atoms with Crippen molar-refractivity contribution in [3.8, 4) is 11.3 Å². The molecule has 138 valence electrons. The van der Waals surface area contributed by atoms with Crippen LogP contribution in [0.1, 0.15) is 54.4 Å². The molecule has 1 heterocycles. The molecule has 1 aromatic heterocycles. The predicted octanol–water partition coefficient (Wildman–Crippen LogP) is 5.66. The fourth-order valence-corrected chi connectivity index (χ4v) is 4.02. The van der Waals surface area contributed by atoms with Crippen LogP contribution < -0.4 is 5.32 Å². The molecule has 3 heteroatoms. The summed E-state index contributed by atoms with van der Waals surface area (Å²) in [6, 6.07) is 18.4. The van der Waals surface area contributed by atoms with Gasteiger partial charge in [-0.15, -0.1) is 0 Å². The molecule has 0 spiro atoms. The van der Waals surface area contributed by atoms with Crippen LogP contribution in [0, 0.1) is 6.92 Å². The largest absolute Gasteiger partial charge is 0.349 e. The van der Waals surface area contributed by atoms with Crippen molar-refractivity contribution in [3.05, 3.63) is 65.7 Å². The van der Waals surface area contributed by atoms with Gasteiger partial charge in [-0.1, -0.05) is 74.2 Å². The van der Waals surface area contributed by atoms with Crippen LogP contribution in [0.3, 0.4) is 0 Å². The molecule has 1 N–H and O–H groups in total. The molecular weight excluding hydrogens is 332 g/mol. The zero-order valence-corrected chi connectivity index (χ0v) is 15.9. The number of fused-ring (bicyclic) bond motifs is 1. The number of aromatic nitrogens is 1. The fourth-order valence-electron chi connectivity index (χ4n) is 4.02. The maximum atomic E-state index is 13.2. The average Bonchev–Trinajstić information content (AvgIpc) is 2.97. The molecule has 0 bridgehead atoms. The molecule has 0 atom stereocenters. The number of hydrogen-bond donors (Lipinski definition) is 1. The van der Waals surface area contributed by atoms with E-state index in [1.54, 1.807) is 0 Å². The monoisotopic (exact) mass is 358 g/mol. The lowest BCUT2D eigenvalue weighted by atomic mass is 10.0. The smallest absolute Gasteiger partial charge is 0.252 e. The summed E-state index contributed by atoms with van der Waals surface area (Å²) in [7, 11) is 0. The molecule has 3 aromatic rings. The summed E-state index contributed by atoms with van der Waals surface area (Å²) in [5.41, 5.74) is 4.61. The number of hydrogen-bond acceptors (Lipinski definition) is 2. The van der Waals surface area contributed by atoms with Crippen molar-refractivity contribution >= 4 is 16.8 Å². The Hall–Kier alpha value is -2.68. The third-order valence-corrected chi connectivity index (χ3v) is 5.55. The molecule has 1 aliphatic rings. The summed E-state index contributed by atoms with van der Waals surface area (Å²) in [6.45, 7) is 2.05. The van der Waals surface area contributed by atoms with Crippen molar-refractivity contribution in [2.24, 2.45) is 0 Å². The van der Waals surface area contributed by atoms with Crippen LogP contribution in [0.4, 0.5) is 0 Å². The van der Waals surface area contributed by atoms with Crippen molar-refractivity contribution in [2.45, 2.75) is 51.5 Å². The topological polar surface area (TPSA) is 42.0 Å². The molecule has 0 aliphatic heterocycles. The third kappa shape index (κ3) is 3.87. The van der Waals surface area contributed by atoms with Gasteiger partial charge in [-0.25, -0.2) is 4.98 Å². The Kier molecular flexibility index (Phi) is 5.19. The van der Waals surface area contributed by atoms with Gasteiger partial charge in [-0.3, -0.25) is 4.79 Å². The highest BCUT2D eigenvalue weighted by molar-refractivity contribution is 6.07. The molecule has 1 fully saturated rings. The lowest BCUT2D eigenvalue weighted by molar-refractivity contribution is 0.0935. The van der Waals surface area contributed by atoms with E-state index in [1.807, 2.05) is 48.5 Å². The van der Waals surface area contributed by atoms with Crippen LogP contribution in [-0.4, -0.2) is 16.9 Å². The minimum Gasteiger partial charge on any atom is -0.349 e. The summed E-state index contributed by atoms with van der Waals surface area (Å²) in [6.07, 6.45) is 7.13. The molecular formula is C24H26N2O. The highest BCUT2D eigenvalue weighted by Crippen LogP contribution is 2.27. The number of carbonyl (C=O) groups is 1. The van der Waals surface area contributed by atoms with Gasteiger partial charge in [0.15, 0.2) is 0 Å². The summed E-state index contributed by atoms with van der Waals surface area (Å²) in [5, 5.41) is 4.23. The molecule has 1 saturated carbocycles. The van der Waals surface area contributed by atoms with Gasteiger partial charge in [0.2, 0.25) is 0 Å². The first-order valence-corrected chi connectivity index (χ1v) is 9.99. The van der Waals surface area contributed by atoms with Gasteiger partial charge >= 0.3 is 0 Å². The average molecular weight is 358 g/mol. The number of nitrogens with zero attached hydrogens (tertiary/aromatic N) is 1. The van der Waals surface area contributed by atoms with Crippen molar-refractivity contribution in [1.82, 2.24) is 10.3 Å². The van der Waals surface area contributed by atoms with Crippen molar-refractivity contribution in [2.75, 3.05) is 0 Å². The zero-order chi connectivity index (χ0) is 18.6. The number of para-hydroxylation sites is 1. The lowest BCUT2D eigenvalue weighted by Gasteiger charge is -2.18. The molecule has 0 saturated heterocycles. The Labute approximate surface area is 160 Å². The number of rotatable bonds is 3. The highest BCUT2D eigenvalue weighted by Gasteiger charge is 2.19. The van der Waals surface area contributed by atoms with Gasteiger partial charge in [0, 0.05) is 17.0 Å². The summed E-state index contributed by atoms with van der Waals surface area (Å²) in [5.74, 6) is 0.0251. The Morgan fingerprint density at radius 1 is 0.963 bits per heavy atom. The molecule has 3 nitrogen and oxygen atoms in total. The number of carbonyl (C=O) groups excluding carboxylic acids is 1. The Balaban J connectivity index is 1.76. The maximum absolute atomic E-state index is 13.2. The Bertz CT molecular complexity index is 941. The first-order valence-electron chi connectivity index (χ1n) is 9.99. The normalized spacial score (nSPS) is 15.4. The molecule has 0 radical (unpaired) electrons. The molecule has 0 unspecified atom stereocenters. The summed E-state index contributed by atoms with van der Waals surface area (Å²) >= 11 is 0. The molecule has 4 rings (SSSR count). The van der Waals surface area contributed by atoms with Crippen LogP contribution in [0.25, 0.3) is 22.2 Å². The summed E-state index contributed by atoms with van der Waals surface area (Å²) < 4.78 is 0. The minimum atomic E-state index is 0.0251. The van der Waals surface area contributed by atoms with E-state index in [0.29, 0.717) is 0 Å². The van der Waals surface area contributed by atoms with E-state index >= 15 is 0 Å².